The SMILES string of the molecule is CC1(C)CN(c2ccc(C#N)c(C(F)(F)F)c2)C(=O)N1. The lowest BCUT2D eigenvalue weighted by molar-refractivity contribution is -0.137. The molecule has 1 fully saturated rings. The highest BCUT2D eigenvalue weighted by Gasteiger charge is 2.38. The van der Waals surface area contributed by atoms with Crippen molar-refractivity contribution in [1.29, 1.82) is 5.26 Å². The summed E-state index contributed by atoms with van der Waals surface area (Å²) in [6.07, 6.45) is -4.63. The van der Waals surface area contributed by atoms with E-state index in [1.54, 1.807) is 13.8 Å². The van der Waals surface area contributed by atoms with Crippen molar-refractivity contribution in [2.24, 2.45) is 0 Å². The lowest BCUT2D eigenvalue weighted by Gasteiger charge is -2.19. The van der Waals surface area contributed by atoms with Gasteiger partial charge in [0.2, 0.25) is 0 Å². The van der Waals surface area contributed by atoms with E-state index >= 15 is 0 Å². The third-order valence-corrected chi connectivity index (χ3v) is 2.98. The minimum Gasteiger partial charge on any atom is -0.331 e. The predicted molar refractivity (Wildman–Crippen MR) is 66.1 cm³/mol. The van der Waals surface area contributed by atoms with Crippen LogP contribution < -0.4 is 10.2 Å². The second-order valence-corrected chi connectivity index (χ2v) is 5.24. The molecule has 106 valence electrons. The molecule has 2 rings (SSSR count). The van der Waals surface area contributed by atoms with Crippen molar-refractivity contribution in [3.63, 3.8) is 0 Å². The molecule has 2 amide bonds. The Morgan fingerprint density at radius 2 is 2.05 bits per heavy atom. The average Bonchev–Trinajstić information content (AvgIpc) is 2.61. The maximum atomic E-state index is 12.9. The summed E-state index contributed by atoms with van der Waals surface area (Å²) >= 11 is 0. The Balaban J connectivity index is 2.46. The number of anilines is 1. The highest BCUT2D eigenvalue weighted by Crippen LogP contribution is 2.35. The molecule has 1 aliphatic heterocycles. The fourth-order valence-electron chi connectivity index (χ4n) is 2.10. The number of amides is 2. The molecule has 1 heterocycles. The summed E-state index contributed by atoms with van der Waals surface area (Å²) in [5, 5.41) is 11.4. The minimum absolute atomic E-state index is 0.124. The van der Waals surface area contributed by atoms with Gasteiger partial charge in [-0.25, -0.2) is 4.79 Å². The van der Waals surface area contributed by atoms with Gasteiger partial charge in [0.05, 0.1) is 29.3 Å². The summed E-state index contributed by atoms with van der Waals surface area (Å²) in [7, 11) is 0. The van der Waals surface area contributed by atoms with E-state index in [0.29, 0.717) is 0 Å². The van der Waals surface area contributed by atoms with Gasteiger partial charge in [0.1, 0.15) is 0 Å². The number of nitrogens with zero attached hydrogens (tertiary/aromatic N) is 2. The molecule has 1 N–H and O–H groups in total. The Hall–Kier alpha value is -2.23. The largest absolute Gasteiger partial charge is 0.417 e. The average molecular weight is 283 g/mol. The van der Waals surface area contributed by atoms with Crippen molar-refractivity contribution in [3.05, 3.63) is 29.3 Å². The summed E-state index contributed by atoms with van der Waals surface area (Å²) in [6, 6.07) is 4.31. The van der Waals surface area contributed by atoms with E-state index < -0.39 is 28.9 Å². The van der Waals surface area contributed by atoms with Crippen LogP contribution in [0.15, 0.2) is 18.2 Å². The summed E-state index contributed by atoms with van der Waals surface area (Å²) in [4.78, 5) is 13.0. The molecule has 0 spiro atoms. The lowest BCUT2D eigenvalue weighted by atomic mass is 10.1. The van der Waals surface area contributed by atoms with Crippen molar-refractivity contribution >= 4 is 11.7 Å². The highest BCUT2D eigenvalue weighted by atomic mass is 19.4. The summed E-state index contributed by atoms with van der Waals surface area (Å²) < 4.78 is 38.6. The number of benzene rings is 1. The quantitative estimate of drug-likeness (QED) is 0.861. The van der Waals surface area contributed by atoms with E-state index in [1.165, 1.54) is 17.0 Å². The Labute approximate surface area is 113 Å². The zero-order chi connectivity index (χ0) is 15.1. The van der Waals surface area contributed by atoms with Gasteiger partial charge >= 0.3 is 12.2 Å². The molecule has 0 atom stereocenters. The molecule has 1 aromatic carbocycles. The van der Waals surface area contributed by atoms with Crippen molar-refractivity contribution in [3.8, 4) is 6.07 Å². The number of carbonyl (C=O) groups is 1. The van der Waals surface area contributed by atoms with Crippen LogP contribution >= 0.6 is 0 Å². The maximum absolute atomic E-state index is 12.9. The first-order valence-electron chi connectivity index (χ1n) is 5.85. The summed E-state index contributed by atoms with van der Waals surface area (Å²) in [5.41, 5.74) is -1.88. The number of nitrogens with one attached hydrogen (secondary N) is 1. The van der Waals surface area contributed by atoms with E-state index in [4.69, 9.17) is 5.26 Å². The number of urea groups is 1. The second kappa shape index (κ2) is 4.40. The van der Waals surface area contributed by atoms with Crippen molar-refractivity contribution in [2.75, 3.05) is 11.4 Å². The van der Waals surface area contributed by atoms with Crippen LogP contribution in [-0.4, -0.2) is 18.1 Å². The molecule has 1 saturated heterocycles. The molecule has 0 aliphatic carbocycles. The van der Waals surface area contributed by atoms with Gasteiger partial charge in [0, 0.05) is 5.69 Å². The minimum atomic E-state index is -4.63. The van der Waals surface area contributed by atoms with E-state index in [1.807, 2.05) is 0 Å². The molecule has 0 saturated carbocycles. The van der Waals surface area contributed by atoms with Crippen LogP contribution in [0.4, 0.5) is 23.7 Å². The van der Waals surface area contributed by atoms with Gasteiger partial charge in [-0.1, -0.05) is 0 Å². The van der Waals surface area contributed by atoms with Gasteiger partial charge in [0.25, 0.3) is 0 Å². The van der Waals surface area contributed by atoms with Crippen LogP contribution in [0.3, 0.4) is 0 Å². The van der Waals surface area contributed by atoms with Gasteiger partial charge in [-0.3, -0.25) is 4.90 Å². The zero-order valence-corrected chi connectivity index (χ0v) is 10.9. The standard InChI is InChI=1S/C13H12F3N3O/c1-12(2)7-19(11(20)18-12)9-4-3-8(6-17)10(5-9)13(14,15)16/h3-5H,7H2,1-2H3,(H,18,20). The van der Waals surface area contributed by atoms with Crippen molar-refractivity contribution < 1.29 is 18.0 Å². The van der Waals surface area contributed by atoms with Crippen LogP contribution in [0.25, 0.3) is 0 Å². The van der Waals surface area contributed by atoms with E-state index in [0.717, 1.165) is 12.1 Å². The molecular weight excluding hydrogens is 271 g/mol. The van der Waals surface area contributed by atoms with Gasteiger partial charge in [-0.15, -0.1) is 0 Å². The number of hydrogen-bond donors (Lipinski definition) is 1. The zero-order valence-electron chi connectivity index (χ0n) is 10.9. The van der Waals surface area contributed by atoms with Crippen LogP contribution in [0, 0.1) is 11.3 Å². The first-order chi connectivity index (χ1) is 9.14. The van der Waals surface area contributed by atoms with Crippen LogP contribution in [0.1, 0.15) is 25.0 Å². The van der Waals surface area contributed by atoms with Crippen molar-refractivity contribution in [1.82, 2.24) is 5.32 Å². The third-order valence-electron chi connectivity index (χ3n) is 2.98. The molecule has 7 heteroatoms. The van der Waals surface area contributed by atoms with Crippen LogP contribution in [-0.2, 0) is 6.18 Å². The first-order valence-corrected chi connectivity index (χ1v) is 5.85. The second-order valence-electron chi connectivity index (χ2n) is 5.24. The van der Waals surface area contributed by atoms with E-state index in [2.05, 4.69) is 5.32 Å². The van der Waals surface area contributed by atoms with E-state index in [9.17, 15) is 18.0 Å². The molecule has 4 nitrogen and oxygen atoms in total. The molecule has 0 bridgehead atoms. The number of nitriles is 1. The third kappa shape index (κ3) is 2.54. The summed E-state index contributed by atoms with van der Waals surface area (Å²) in [6.45, 7) is 3.81. The van der Waals surface area contributed by atoms with Crippen LogP contribution in [0.2, 0.25) is 0 Å². The topological polar surface area (TPSA) is 56.1 Å². The molecule has 20 heavy (non-hydrogen) atoms. The number of carbonyl (C=O) groups excluding carboxylic acids is 1. The van der Waals surface area contributed by atoms with Gasteiger partial charge in [0.15, 0.2) is 0 Å². The Kier molecular flexibility index (Phi) is 3.12. The van der Waals surface area contributed by atoms with Crippen molar-refractivity contribution in [2.45, 2.75) is 25.6 Å². The first kappa shape index (κ1) is 14.2. The number of halogens is 3. The molecular formula is C13H12F3N3O. The normalized spacial score (nSPS) is 17.8. The number of alkyl halides is 3. The Bertz CT molecular complexity index is 602. The van der Waals surface area contributed by atoms with Gasteiger partial charge in [-0.2, -0.15) is 18.4 Å². The van der Waals surface area contributed by atoms with E-state index in [-0.39, 0.29) is 12.2 Å². The molecule has 0 unspecified atom stereocenters. The Morgan fingerprint density at radius 3 is 2.50 bits per heavy atom. The van der Waals surface area contributed by atoms with Gasteiger partial charge in [-0.05, 0) is 32.0 Å². The fraction of sp³-hybridized carbons (Fsp3) is 0.385. The molecule has 0 aromatic heterocycles. The van der Waals surface area contributed by atoms with Crippen LogP contribution in [0.5, 0.6) is 0 Å². The lowest BCUT2D eigenvalue weighted by Crippen LogP contribution is -2.36. The Morgan fingerprint density at radius 1 is 1.40 bits per heavy atom. The fourth-order valence-corrected chi connectivity index (χ4v) is 2.10. The maximum Gasteiger partial charge on any atom is 0.417 e. The molecule has 1 aliphatic rings. The predicted octanol–water partition coefficient (Wildman–Crippen LogP) is 2.89. The smallest absolute Gasteiger partial charge is 0.331 e. The highest BCUT2D eigenvalue weighted by molar-refractivity contribution is 5.95. The molecule has 1 aromatic rings. The number of hydrogen-bond acceptors (Lipinski definition) is 2. The molecule has 0 radical (unpaired) electrons. The van der Waals surface area contributed by atoms with Gasteiger partial charge < -0.3 is 5.32 Å². The summed E-state index contributed by atoms with van der Waals surface area (Å²) in [5.74, 6) is 0. The number of rotatable bonds is 1. The monoisotopic (exact) mass is 283 g/mol.